The Bertz CT molecular complexity index is 1390. The number of carboxylic acid groups (broad SMARTS) is 1. The fourth-order valence-electron chi connectivity index (χ4n) is 5.11. The molecule has 2 unspecified atom stereocenters. The Morgan fingerprint density at radius 2 is 2.10 bits per heavy atom. The highest BCUT2D eigenvalue weighted by atomic mass is 32.1. The van der Waals surface area contributed by atoms with Crippen molar-refractivity contribution in [2.45, 2.75) is 31.6 Å². The predicted octanol–water partition coefficient (Wildman–Crippen LogP) is 3.81. The first-order valence-electron chi connectivity index (χ1n) is 12.9. The number of benzene rings is 1. The van der Waals surface area contributed by atoms with Crippen molar-refractivity contribution in [3.63, 3.8) is 0 Å². The zero-order chi connectivity index (χ0) is 27.4. The third-order valence-corrected chi connectivity index (χ3v) is 8.04. The number of allylic oxidation sites excluding steroid dienone is 1. The Morgan fingerprint density at radius 1 is 1.23 bits per heavy atom. The summed E-state index contributed by atoms with van der Waals surface area (Å²) in [5.41, 5.74) is 5.24. The Kier molecular flexibility index (Phi) is 7.75. The number of rotatable bonds is 7. The van der Waals surface area contributed by atoms with Crippen molar-refractivity contribution < 1.29 is 14.7 Å². The van der Waals surface area contributed by atoms with Crippen LogP contribution in [-0.4, -0.2) is 88.3 Å². The molecule has 12 heteroatoms. The molecule has 0 bridgehead atoms. The summed E-state index contributed by atoms with van der Waals surface area (Å²) < 4.78 is 1.03. The van der Waals surface area contributed by atoms with E-state index < -0.39 is 11.9 Å². The van der Waals surface area contributed by atoms with Crippen LogP contribution in [0.5, 0.6) is 0 Å². The molecule has 0 radical (unpaired) electrons. The fourth-order valence-corrected chi connectivity index (χ4v) is 5.90. The second kappa shape index (κ2) is 11.4. The molecule has 1 saturated heterocycles. The number of fused-ring (bicyclic) bond motifs is 1. The van der Waals surface area contributed by atoms with Gasteiger partial charge in [0.25, 0.3) is 0 Å². The monoisotopic (exact) mass is 548 g/mol. The van der Waals surface area contributed by atoms with Crippen LogP contribution in [0.3, 0.4) is 0 Å². The van der Waals surface area contributed by atoms with Crippen molar-refractivity contribution in [3.8, 4) is 11.3 Å². The minimum atomic E-state index is -1.13. The minimum absolute atomic E-state index is 0.0178. The summed E-state index contributed by atoms with van der Waals surface area (Å²) in [6.45, 7) is 3.85. The Morgan fingerprint density at radius 3 is 2.87 bits per heavy atom. The quantitative estimate of drug-likeness (QED) is 0.410. The van der Waals surface area contributed by atoms with Crippen LogP contribution in [0.4, 0.5) is 15.3 Å². The molecular weight excluding hydrogens is 516 g/mol. The number of pyridine rings is 1. The maximum atomic E-state index is 12.9. The molecule has 2 aliphatic heterocycles. The van der Waals surface area contributed by atoms with Crippen molar-refractivity contribution >= 4 is 45.6 Å². The van der Waals surface area contributed by atoms with Gasteiger partial charge in [0.1, 0.15) is 0 Å². The van der Waals surface area contributed by atoms with E-state index in [2.05, 4.69) is 31.6 Å². The van der Waals surface area contributed by atoms with Gasteiger partial charge in [0.05, 0.1) is 21.4 Å². The van der Waals surface area contributed by atoms with E-state index in [1.165, 1.54) is 4.90 Å². The molecule has 2 atom stereocenters. The van der Waals surface area contributed by atoms with Crippen molar-refractivity contribution in [2.24, 2.45) is 4.99 Å². The van der Waals surface area contributed by atoms with Gasteiger partial charge in [-0.05, 0) is 50.7 Å². The third-order valence-electron chi connectivity index (χ3n) is 7.17. The number of aromatic nitrogens is 2. The molecule has 11 nitrogen and oxygen atoms in total. The van der Waals surface area contributed by atoms with Gasteiger partial charge < -0.3 is 20.2 Å². The molecule has 2 aromatic heterocycles. The summed E-state index contributed by atoms with van der Waals surface area (Å²) in [7, 11) is 2.00. The van der Waals surface area contributed by atoms with Crippen LogP contribution < -0.4 is 15.5 Å². The molecule has 39 heavy (non-hydrogen) atoms. The lowest BCUT2D eigenvalue weighted by atomic mass is 10.0. The van der Waals surface area contributed by atoms with Gasteiger partial charge in [-0.15, -0.1) is 11.3 Å². The number of likely N-dealkylation sites (N-methyl/N-ethyl adjacent to an activating group) is 1. The molecule has 3 aromatic rings. The summed E-state index contributed by atoms with van der Waals surface area (Å²) >= 11 is 1.56. The molecule has 5 rings (SSSR count). The Hall–Kier alpha value is -4.03. The number of urea groups is 1. The second-order valence-electron chi connectivity index (χ2n) is 9.60. The highest BCUT2D eigenvalue weighted by Gasteiger charge is 2.40. The fraction of sp³-hybridized carbons (Fsp3) is 0.370. The number of nitrogens with one attached hydrogen (secondary N) is 2. The molecule has 204 valence electrons. The third kappa shape index (κ3) is 5.57. The molecule has 0 saturated carbocycles. The lowest BCUT2D eigenvalue weighted by Gasteiger charge is -2.44. The minimum Gasteiger partial charge on any atom is -0.465 e. The number of amides is 3. The van der Waals surface area contributed by atoms with Gasteiger partial charge in [-0.2, -0.15) is 0 Å². The summed E-state index contributed by atoms with van der Waals surface area (Å²) in [6, 6.07) is 9.51. The standard InChI is InChI=1S/C27H32N8O3S/c1-3-28-25(36)32-27(9-8-19-17-34(26(37)38)14-13-33(19)2)31-11-6-12-35(27)20-15-21(22-7-4-5-10-29-22)24-23(16-20)30-18-39-24/h4-7,10-12,15-16,18-19H,3,8-9,13-14,17H2,1-2H3,(H,37,38)(H2,28,32,36). The van der Waals surface area contributed by atoms with E-state index in [9.17, 15) is 14.7 Å². The summed E-state index contributed by atoms with van der Waals surface area (Å²) in [4.78, 5) is 44.2. The van der Waals surface area contributed by atoms with Crippen molar-refractivity contribution in [2.75, 3.05) is 38.1 Å². The van der Waals surface area contributed by atoms with Gasteiger partial charge in [0.2, 0.25) is 5.79 Å². The van der Waals surface area contributed by atoms with E-state index in [4.69, 9.17) is 4.99 Å². The smallest absolute Gasteiger partial charge is 0.407 e. The first kappa shape index (κ1) is 26.6. The number of piperazine rings is 1. The largest absolute Gasteiger partial charge is 0.465 e. The molecule has 0 aliphatic carbocycles. The lowest BCUT2D eigenvalue weighted by Crippen LogP contribution is -2.62. The molecule has 2 aliphatic rings. The average molecular weight is 549 g/mol. The van der Waals surface area contributed by atoms with Crippen LogP contribution in [0, 0.1) is 0 Å². The Labute approximate surface area is 230 Å². The number of anilines is 1. The molecular formula is C27H32N8O3S. The maximum Gasteiger partial charge on any atom is 0.407 e. The molecule has 3 amide bonds. The van der Waals surface area contributed by atoms with Gasteiger partial charge in [-0.3, -0.25) is 15.2 Å². The predicted molar refractivity (Wildman–Crippen MR) is 153 cm³/mol. The van der Waals surface area contributed by atoms with Crippen molar-refractivity contribution in [3.05, 3.63) is 54.3 Å². The van der Waals surface area contributed by atoms with Crippen LogP contribution in [0.1, 0.15) is 19.8 Å². The number of hydrogen-bond donors (Lipinski definition) is 3. The van der Waals surface area contributed by atoms with Crippen LogP contribution in [0.15, 0.2) is 59.3 Å². The number of aliphatic imine (C=N–C) groups is 1. The Balaban J connectivity index is 1.53. The van der Waals surface area contributed by atoms with E-state index >= 15 is 0 Å². The molecule has 3 N–H and O–H groups in total. The van der Waals surface area contributed by atoms with Crippen LogP contribution in [0.25, 0.3) is 21.5 Å². The highest BCUT2D eigenvalue weighted by molar-refractivity contribution is 7.17. The number of thiazole rings is 1. The van der Waals surface area contributed by atoms with Gasteiger partial charge >= 0.3 is 12.1 Å². The van der Waals surface area contributed by atoms with Gasteiger partial charge in [-0.1, -0.05) is 6.07 Å². The topological polar surface area (TPSA) is 126 Å². The number of carbonyl (C=O) groups excluding carboxylic acids is 1. The molecule has 4 heterocycles. The van der Waals surface area contributed by atoms with Crippen LogP contribution in [-0.2, 0) is 0 Å². The van der Waals surface area contributed by atoms with Crippen molar-refractivity contribution in [1.82, 2.24) is 30.4 Å². The van der Waals surface area contributed by atoms with Crippen LogP contribution in [0.2, 0.25) is 0 Å². The molecule has 1 fully saturated rings. The van der Waals surface area contributed by atoms with Gasteiger partial charge in [-0.25, -0.2) is 19.6 Å². The number of hydrogen-bond acceptors (Lipinski definition) is 8. The summed E-state index contributed by atoms with van der Waals surface area (Å²) in [5.74, 6) is -1.13. The van der Waals surface area contributed by atoms with Gasteiger partial charge in [0, 0.05) is 68.5 Å². The first-order valence-corrected chi connectivity index (χ1v) is 13.8. The number of nitrogens with zero attached hydrogens (tertiary/aromatic N) is 6. The molecule has 0 spiro atoms. The zero-order valence-corrected chi connectivity index (χ0v) is 22.8. The SMILES string of the molecule is CCNC(=O)NC1(CCC2CN(C(=O)O)CCN2C)N=CC=CN1c1cc(-c2ccccn2)c2scnc2c1. The second-order valence-corrected chi connectivity index (χ2v) is 10.5. The lowest BCUT2D eigenvalue weighted by molar-refractivity contribution is 0.0758. The van der Waals surface area contributed by atoms with Crippen molar-refractivity contribution in [1.29, 1.82) is 0 Å². The van der Waals surface area contributed by atoms with E-state index in [-0.39, 0.29) is 12.1 Å². The number of carbonyl (C=O) groups is 2. The van der Waals surface area contributed by atoms with E-state index in [1.807, 2.05) is 60.9 Å². The van der Waals surface area contributed by atoms with E-state index in [0.29, 0.717) is 39.0 Å². The zero-order valence-electron chi connectivity index (χ0n) is 21.9. The summed E-state index contributed by atoms with van der Waals surface area (Å²) in [6.07, 6.45) is 7.34. The normalized spacial score (nSPS) is 21.3. The van der Waals surface area contributed by atoms with E-state index in [0.717, 1.165) is 27.2 Å². The summed E-state index contributed by atoms with van der Waals surface area (Å²) in [5, 5.41) is 15.5. The maximum absolute atomic E-state index is 12.9. The average Bonchev–Trinajstić information content (AvgIpc) is 3.42. The first-order chi connectivity index (χ1) is 18.9. The van der Waals surface area contributed by atoms with E-state index in [1.54, 1.807) is 23.7 Å². The highest BCUT2D eigenvalue weighted by Crippen LogP contribution is 2.38. The van der Waals surface area contributed by atoms with Crippen LogP contribution >= 0.6 is 11.3 Å². The van der Waals surface area contributed by atoms with Gasteiger partial charge in [0.15, 0.2) is 0 Å². The molecule has 1 aromatic carbocycles.